The molecule has 2 heterocycles. The van der Waals surface area contributed by atoms with E-state index >= 15 is 0 Å². The lowest BCUT2D eigenvalue weighted by Gasteiger charge is -2.45. The van der Waals surface area contributed by atoms with Gasteiger partial charge in [0.25, 0.3) is 0 Å². The first kappa shape index (κ1) is 50.5. The van der Waals surface area contributed by atoms with Gasteiger partial charge in [0.05, 0.1) is 0 Å². The fourth-order valence-electron chi connectivity index (χ4n) is 13.3. The second kappa shape index (κ2) is 21.8. The molecule has 1 atom stereocenters. The van der Waals surface area contributed by atoms with Crippen molar-refractivity contribution in [2.75, 3.05) is 9.71 Å². The zero-order chi connectivity index (χ0) is 55.9. The van der Waals surface area contributed by atoms with Crippen LogP contribution in [-0.4, -0.2) is 6.85 Å². The average molecular weight is 1070 g/mol. The lowest BCUT2D eigenvalue weighted by molar-refractivity contribution is 0.805. The van der Waals surface area contributed by atoms with Crippen LogP contribution >= 0.6 is 0 Å². The highest BCUT2D eigenvalue weighted by molar-refractivity contribution is 6.92. The molecule has 0 aromatic heterocycles. The number of benzene rings is 13. The number of rotatable bonds is 12. The van der Waals surface area contributed by atoms with Gasteiger partial charge in [0.1, 0.15) is 0 Å². The van der Waals surface area contributed by atoms with E-state index < -0.39 is 0 Å². The van der Waals surface area contributed by atoms with Crippen LogP contribution in [0.15, 0.2) is 322 Å². The summed E-state index contributed by atoms with van der Waals surface area (Å²) in [6.45, 7) is 2.11. The number of hydrogen-bond acceptors (Lipinski definition) is 2. The molecule has 0 fully saturated rings. The number of fused-ring (bicyclic) bond motifs is 4. The molecule has 3 heteroatoms. The minimum Gasteiger partial charge on any atom is -0.376 e. The van der Waals surface area contributed by atoms with Crippen LogP contribution in [-0.2, 0) is 6.42 Å². The van der Waals surface area contributed by atoms with Gasteiger partial charge in [0.15, 0.2) is 0 Å². The molecule has 0 amide bonds. The van der Waals surface area contributed by atoms with Gasteiger partial charge in [-0.3, -0.25) is 0 Å². The molecule has 0 spiro atoms. The van der Waals surface area contributed by atoms with Gasteiger partial charge in [-0.1, -0.05) is 255 Å². The van der Waals surface area contributed by atoms with Gasteiger partial charge in [-0.05, 0) is 186 Å². The van der Waals surface area contributed by atoms with Gasteiger partial charge in [0, 0.05) is 39.9 Å². The largest absolute Gasteiger partial charge is 0.376 e. The molecule has 2 aliphatic rings. The van der Waals surface area contributed by atoms with Crippen LogP contribution in [0.1, 0.15) is 28.2 Å². The second-order valence-electron chi connectivity index (χ2n) is 22.4. The first-order chi connectivity index (χ1) is 41.6. The third-order valence-corrected chi connectivity index (χ3v) is 17.4. The highest BCUT2D eigenvalue weighted by Crippen LogP contribution is 2.49. The van der Waals surface area contributed by atoms with Gasteiger partial charge in [-0.2, -0.15) is 0 Å². The van der Waals surface area contributed by atoms with Crippen LogP contribution in [0.2, 0.25) is 0 Å². The predicted octanol–water partition coefficient (Wildman–Crippen LogP) is 20.1. The Balaban J connectivity index is 0.991. The SMILES string of the molecule is Cc1cc(-c2ccccc2)ccc1CC1c2ccc(N(c3ccc(-c4ccccc4)cc3)c3ccc(-c4ccccc4)cc3)cc2B2c3c(cc(-c4ccccc4)cc31)-c1cc(-c3ccccc3)ccc1N2c1cccc(-c2ccccc2)c1. The Labute approximate surface area is 494 Å². The van der Waals surface area contributed by atoms with Crippen molar-refractivity contribution in [1.29, 1.82) is 0 Å². The van der Waals surface area contributed by atoms with Crippen LogP contribution in [0.4, 0.5) is 28.4 Å². The first-order valence-corrected chi connectivity index (χ1v) is 29.3. The predicted molar refractivity (Wildman–Crippen MR) is 356 cm³/mol. The lowest BCUT2D eigenvalue weighted by Crippen LogP contribution is -2.62. The molecular formula is C81H59BN2. The summed E-state index contributed by atoms with van der Waals surface area (Å²) in [5, 5.41) is 0. The van der Waals surface area contributed by atoms with Gasteiger partial charge >= 0.3 is 6.85 Å². The van der Waals surface area contributed by atoms with Gasteiger partial charge in [-0.25, -0.2) is 0 Å². The first-order valence-electron chi connectivity index (χ1n) is 29.3. The van der Waals surface area contributed by atoms with Crippen molar-refractivity contribution < 1.29 is 0 Å². The molecule has 2 nitrogen and oxygen atoms in total. The fourth-order valence-corrected chi connectivity index (χ4v) is 13.3. The van der Waals surface area contributed by atoms with E-state index in [-0.39, 0.29) is 12.8 Å². The molecule has 13 aromatic carbocycles. The van der Waals surface area contributed by atoms with Crippen LogP contribution in [0.25, 0.3) is 77.9 Å². The third-order valence-electron chi connectivity index (χ3n) is 17.4. The summed E-state index contributed by atoms with van der Waals surface area (Å²) in [7, 11) is 0. The molecule has 0 saturated carbocycles. The summed E-state index contributed by atoms with van der Waals surface area (Å²) in [6, 6.07) is 119. The Bertz CT molecular complexity index is 4410. The second-order valence-corrected chi connectivity index (χ2v) is 22.4. The van der Waals surface area contributed by atoms with E-state index in [9.17, 15) is 0 Å². The van der Waals surface area contributed by atoms with Crippen LogP contribution in [0, 0.1) is 6.92 Å². The summed E-state index contributed by atoms with van der Waals surface area (Å²) >= 11 is 0. The zero-order valence-electron chi connectivity index (χ0n) is 46.9. The monoisotopic (exact) mass is 1070 g/mol. The van der Waals surface area contributed by atoms with Crippen LogP contribution in [0.3, 0.4) is 0 Å². The number of hydrogen-bond donors (Lipinski definition) is 0. The summed E-state index contributed by atoms with van der Waals surface area (Å²) in [5.74, 6) is 0.0177. The van der Waals surface area contributed by atoms with E-state index in [2.05, 4.69) is 338 Å². The summed E-state index contributed by atoms with van der Waals surface area (Å²) in [5.41, 5.74) is 30.6. The smallest absolute Gasteiger partial charge is 0.329 e. The normalized spacial score (nSPS) is 12.9. The van der Waals surface area contributed by atoms with Crippen molar-refractivity contribution in [1.82, 2.24) is 0 Å². The molecule has 1 unspecified atom stereocenters. The molecule has 0 saturated heterocycles. The Morgan fingerprint density at radius 3 is 1.26 bits per heavy atom. The average Bonchev–Trinajstić information content (AvgIpc) is 0.774. The highest BCUT2D eigenvalue weighted by atomic mass is 15.1. The standard InChI is InChI=1S/C81H59BN2/c1-56-49-67(60-27-14-5-15-28-60)36-35-65(56)51-75-74-47-46-72(83(70-42-37-63(38-43-70)57-21-8-2-9-22-57)71-44-39-64(40-45-71)58-23-10-3-11-24-58)55-79(74)82-81-77(75)53-69(62-31-18-7-19-32-62)54-78(81)76-52-68(61-29-16-6-17-30-61)41-48-80(76)84(82)73-34-20-33-66(50-73)59-25-12-4-13-26-59/h2-50,52-55,75H,51H2,1H3. The number of nitrogens with zero attached hydrogens (tertiary/aromatic N) is 2. The van der Waals surface area contributed by atoms with E-state index in [1.165, 1.54) is 117 Å². The maximum Gasteiger partial charge on any atom is 0.329 e. The molecule has 0 aliphatic carbocycles. The molecular weight excluding hydrogens is 1010 g/mol. The van der Waals surface area contributed by atoms with E-state index in [1.54, 1.807) is 0 Å². The lowest BCUT2D eigenvalue weighted by atomic mass is 9.39. The maximum absolute atomic E-state index is 2.68. The van der Waals surface area contributed by atoms with Gasteiger partial charge < -0.3 is 9.71 Å². The minimum absolute atomic E-state index is 0.0177. The topological polar surface area (TPSA) is 6.48 Å². The molecule has 0 bridgehead atoms. The Morgan fingerprint density at radius 2 is 0.738 bits per heavy atom. The zero-order valence-corrected chi connectivity index (χ0v) is 46.9. The van der Waals surface area contributed by atoms with Gasteiger partial charge in [-0.15, -0.1) is 0 Å². The highest BCUT2D eigenvalue weighted by Gasteiger charge is 2.46. The van der Waals surface area contributed by atoms with Crippen LogP contribution in [0.5, 0.6) is 0 Å². The van der Waals surface area contributed by atoms with Crippen molar-refractivity contribution in [2.45, 2.75) is 19.3 Å². The minimum atomic E-state index is -0.198. The van der Waals surface area contributed by atoms with E-state index in [4.69, 9.17) is 0 Å². The summed E-state index contributed by atoms with van der Waals surface area (Å²) < 4.78 is 0. The Hall–Kier alpha value is -10.5. The molecule has 13 aromatic rings. The molecule has 15 rings (SSSR count). The Kier molecular flexibility index (Phi) is 13.1. The molecule has 84 heavy (non-hydrogen) atoms. The van der Waals surface area contributed by atoms with E-state index in [0.29, 0.717) is 0 Å². The van der Waals surface area contributed by atoms with Crippen molar-refractivity contribution in [3.8, 4) is 77.9 Å². The molecule has 396 valence electrons. The fraction of sp³-hybridized carbons (Fsp3) is 0.0370. The van der Waals surface area contributed by atoms with Crippen molar-refractivity contribution in [3.05, 3.63) is 344 Å². The third kappa shape index (κ3) is 9.40. The number of aryl methyl sites for hydroxylation is 1. The quantitative estimate of drug-likeness (QED) is 0.113. The van der Waals surface area contributed by atoms with Crippen molar-refractivity contribution >= 4 is 46.2 Å². The molecule has 0 N–H and O–H groups in total. The Morgan fingerprint density at radius 1 is 0.321 bits per heavy atom. The van der Waals surface area contributed by atoms with E-state index in [1.807, 2.05) is 0 Å². The molecule has 0 radical (unpaired) electrons. The number of anilines is 5. The van der Waals surface area contributed by atoms with Crippen molar-refractivity contribution in [3.63, 3.8) is 0 Å². The maximum atomic E-state index is 2.68. The van der Waals surface area contributed by atoms with Gasteiger partial charge in [0.2, 0.25) is 0 Å². The van der Waals surface area contributed by atoms with Crippen molar-refractivity contribution in [2.24, 2.45) is 0 Å². The molecule has 2 aliphatic heterocycles. The van der Waals surface area contributed by atoms with Crippen LogP contribution < -0.4 is 20.6 Å². The van der Waals surface area contributed by atoms with E-state index in [0.717, 1.165) is 29.2 Å². The summed E-state index contributed by atoms with van der Waals surface area (Å²) in [4.78, 5) is 5.14. The summed E-state index contributed by atoms with van der Waals surface area (Å²) in [6.07, 6.45) is 0.830.